The first-order valence-electron chi connectivity index (χ1n) is 6.95. The molecule has 2 aromatic rings. The molecule has 0 spiro atoms. The van der Waals surface area contributed by atoms with Crippen LogP contribution in [-0.2, 0) is 4.79 Å². The van der Waals surface area contributed by atoms with Crippen LogP contribution >= 0.6 is 0 Å². The van der Waals surface area contributed by atoms with Gasteiger partial charge < -0.3 is 15.0 Å². The second-order valence-electron chi connectivity index (χ2n) is 5.14. The Balaban J connectivity index is 1.88. The third-order valence-electron chi connectivity index (χ3n) is 3.86. The summed E-state index contributed by atoms with van der Waals surface area (Å²) in [5.41, 5.74) is 3.10. The van der Waals surface area contributed by atoms with E-state index in [1.54, 1.807) is 12.0 Å². The van der Waals surface area contributed by atoms with Crippen LogP contribution in [0, 0.1) is 0 Å². The predicted octanol–water partition coefficient (Wildman–Crippen LogP) is 3.21. The van der Waals surface area contributed by atoms with Crippen LogP contribution < -0.4 is 15.0 Å². The van der Waals surface area contributed by atoms with Gasteiger partial charge in [0.15, 0.2) is 0 Å². The van der Waals surface area contributed by atoms with Crippen molar-refractivity contribution < 1.29 is 9.53 Å². The first-order valence-corrected chi connectivity index (χ1v) is 6.95. The van der Waals surface area contributed by atoms with Crippen LogP contribution in [0.5, 0.6) is 5.75 Å². The molecule has 1 atom stereocenters. The molecule has 0 fully saturated rings. The minimum Gasteiger partial charge on any atom is -0.497 e. The zero-order valence-corrected chi connectivity index (χ0v) is 12.2. The van der Waals surface area contributed by atoms with Crippen LogP contribution in [0.2, 0.25) is 0 Å². The van der Waals surface area contributed by atoms with Crippen molar-refractivity contribution in [3.63, 3.8) is 0 Å². The lowest BCUT2D eigenvalue weighted by atomic mass is 9.96. The van der Waals surface area contributed by atoms with Gasteiger partial charge in [-0.1, -0.05) is 18.2 Å². The molecule has 1 amide bonds. The van der Waals surface area contributed by atoms with Crippen LogP contribution in [0.15, 0.2) is 48.5 Å². The van der Waals surface area contributed by atoms with Crippen LogP contribution in [-0.4, -0.2) is 20.1 Å². The minimum atomic E-state index is -0.00158. The van der Waals surface area contributed by atoms with Gasteiger partial charge in [-0.05, 0) is 35.9 Å². The normalized spacial score (nSPS) is 17.3. The number of carbonyl (C=O) groups excluding carboxylic acids is 1. The molecule has 1 unspecified atom stereocenters. The molecule has 1 N–H and O–H groups in total. The van der Waals surface area contributed by atoms with Crippen molar-refractivity contribution in [1.82, 2.24) is 0 Å². The Morgan fingerprint density at radius 2 is 1.86 bits per heavy atom. The maximum atomic E-state index is 12.1. The van der Waals surface area contributed by atoms with Crippen molar-refractivity contribution >= 4 is 17.3 Å². The van der Waals surface area contributed by atoms with Crippen molar-refractivity contribution in [2.75, 3.05) is 24.4 Å². The second-order valence-corrected chi connectivity index (χ2v) is 5.14. The Hall–Kier alpha value is -2.49. The number of rotatable bonds is 3. The number of para-hydroxylation sites is 1. The molecule has 3 rings (SSSR count). The zero-order chi connectivity index (χ0) is 14.8. The van der Waals surface area contributed by atoms with Crippen LogP contribution in [0.1, 0.15) is 18.0 Å². The number of amides is 1. The van der Waals surface area contributed by atoms with Crippen molar-refractivity contribution in [1.29, 1.82) is 0 Å². The van der Waals surface area contributed by atoms with E-state index in [0.29, 0.717) is 6.42 Å². The quantitative estimate of drug-likeness (QED) is 0.940. The van der Waals surface area contributed by atoms with E-state index in [1.165, 1.54) is 0 Å². The zero-order valence-electron chi connectivity index (χ0n) is 12.2. The second kappa shape index (κ2) is 5.48. The van der Waals surface area contributed by atoms with E-state index in [-0.39, 0.29) is 11.9 Å². The molecule has 0 saturated heterocycles. The van der Waals surface area contributed by atoms with Gasteiger partial charge >= 0.3 is 0 Å². The highest BCUT2D eigenvalue weighted by atomic mass is 16.5. The Bertz CT molecular complexity index is 652. The van der Waals surface area contributed by atoms with Gasteiger partial charge in [0.1, 0.15) is 5.75 Å². The summed E-state index contributed by atoms with van der Waals surface area (Å²) in [7, 11) is 3.47. The summed E-state index contributed by atoms with van der Waals surface area (Å²) < 4.78 is 5.16. The monoisotopic (exact) mass is 282 g/mol. The molecule has 1 aliphatic rings. The number of carbonyl (C=O) groups is 1. The largest absolute Gasteiger partial charge is 0.497 e. The van der Waals surface area contributed by atoms with Gasteiger partial charge in [0.2, 0.25) is 5.91 Å². The topological polar surface area (TPSA) is 41.6 Å². The molecule has 0 aromatic heterocycles. The SMILES string of the molecule is COc1ccc(NC2CC(=O)N(C)c3ccccc32)cc1. The van der Waals surface area contributed by atoms with Crippen molar-refractivity contribution in [3.05, 3.63) is 54.1 Å². The molecule has 1 aliphatic heterocycles. The van der Waals surface area contributed by atoms with E-state index < -0.39 is 0 Å². The number of ether oxygens (including phenoxy) is 1. The molecule has 4 heteroatoms. The highest BCUT2D eigenvalue weighted by Gasteiger charge is 2.28. The maximum absolute atomic E-state index is 12.1. The van der Waals surface area contributed by atoms with E-state index in [2.05, 4.69) is 11.4 Å². The fraction of sp³-hybridized carbons (Fsp3) is 0.235. The number of nitrogens with zero attached hydrogens (tertiary/aromatic N) is 1. The third kappa shape index (κ3) is 2.57. The molecule has 2 aromatic carbocycles. The molecule has 108 valence electrons. The standard InChI is InChI=1S/C17H18N2O2/c1-19-16-6-4-3-5-14(16)15(11-17(19)20)18-12-7-9-13(21-2)10-8-12/h3-10,15,18H,11H2,1-2H3. The van der Waals surface area contributed by atoms with Gasteiger partial charge in [-0.25, -0.2) is 0 Å². The number of nitrogens with one attached hydrogen (secondary N) is 1. The molecule has 1 heterocycles. The summed E-state index contributed by atoms with van der Waals surface area (Å²) in [6.07, 6.45) is 0.458. The molecule has 4 nitrogen and oxygen atoms in total. The van der Waals surface area contributed by atoms with Gasteiger partial charge in [0.05, 0.1) is 19.6 Å². The number of hydrogen-bond acceptors (Lipinski definition) is 3. The Morgan fingerprint density at radius 3 is 2.57 bits per heavy atom. The average Bonchev–Trinajstić information content (AvgIpc) is 2.53. The summed E-state index contributed by atoms with van der Waals surface area (Å²) in [4.78, 5) is 13.8. The summed E-state index contributed by atoms with van der Waals surface area (Å²) in [6.45, 7) is 0. The Morgan fingerprint density at radius 1 is 1.14 bits per heavy atom. The van der Waals surface area contributed by atoms with Crippen LogP contribution in [0.25, 0.3) is 0 Å². The molecule has 21 heavy (non-hydrogen) atoms. The lowest BCUT2D eigenvalue weighted by Gasteiger charge is -2.32. The Labute approximate surface area is 124 Å². The summed E-state index contributed by atoms with van der Waals surface area (Å²) in [6, 6.07) is 15.8. The summed E-state index contributed by atoms with van der Waals surface area (Å²) in [5.74, 6) is 0.945. The molecular formula is C17H18N2O2. The molecule has 0 bridgehead atoms. The van der Waals surface area contributed by atoms with Gasteiger partial charge in [-0.15, -0.1) is 0 Å². The molecule has 0 saturated carbocycles. The number of anilines is 2. The van der Waals surface area contributed by atoms with Gasteiger partial charge in [-0.2, -0.15) is 0 Å². The summed E-state index contributed by atoms with van der Waals surface area (Å²) in [5, 5.41) is 3.44. The first kappa shape index (κ1) is 13.5. The lowest BCUT2D eigenvalue weighted by Crippen LogP contribution is -2.35. The first-order chi connectivity index (χ1) is 10.2. The maximum Gasteiger partial charge on any atom is 0.229 e. The Kier molecular flexibility index (Phi) is 3.52. The number of benzene rings is 2. The minimum absolute atomic E-state index is 0.00158. The van der Waals surface area contributed by atoms with E-state index in [4.69, 9.17) is 4.74 Å². The number of methoxy groups -OCH3 is 1. The summed E-state index contributed by atoms with van der Waals surface area (Å²) >= 11 is 0. The fourth-order valence-corrected chi connectivity index (χ4v) is 2.66. The fourth-order valence-electron chi connectivity index (χ4n) is 2.66. The average molecular weight is 282 g/mol. The lowest BCUT2D eigenvalue weighted by molar-refractivity contribution is -0.118. The van der Waals surface area contributed by atoms with E-state index >= 15 is 0 Å². The van der Waals surface area contributed by atoms with Crippen LogP contribution in [0.3, 0.4) is 0 Å². The van der Waals surface area contributed by atoms with E-state index in [1.807, 2.05) is 49.5 Å². The van der Waals surface area contributed by atoms with Crippen LogP contribution in [0.4, 0.5) is 11.4 Å². The van der Waals surface area contributed by atoms with Gasteiger partial charge in [-0.3, -0.25) is 4.79 Å². The number of hydrogen-bond donors (Lipinski definition) is 1. The van der Waals surface area contributed by atoms with Gasteiger partial charge in [0, 0.05) is 18.4 Å². The van der Waals surface area contributed by atoms with E-state index in [0.717, 1.165) is 22.7 Å². The molecule has 0 aliphatic carbocycles. The van der Waals surface area contributed by atoms with E-state index in [9.17, 15) is 4.79 Å². The van der Waals surface area contributed by atoms with Crippen molar-refractivity contribution in [3.8, 4) is 5.75 Å². The van der Waals surface area contributed by atoms with Gasteiger partial charge in [0.25, 0.3) is 0 Å². The molecule has 0 radical (unpaired) electrons. The highest BCUT2D eigenvalue weighted by molar-refractivity contribution is 5.97. The van der Waals surface area contributed by atoms with Crippen molar-refractivity contribution in [2.45, 2.75) is 12.5 Å². The predicted molar refractivity (Wildman–Crippen MR) is 83.8 cm³/mol. The highest BCUT2D eigenvalue weighted by Crippen LogP contribution is 2.35. The number of fused-ring (bicyclic) bond motifs is 1. The van der Waals surface area contributed by atoms with Crippen molar-refractivity contribution in [2.24, 2.45) is 0 Å². The smallest absolute Gasteiger partial charge is 0.229 e. The third-order valence-corrected chi connectivity index (χ3v) is 3.86. The molecular weight excluding hydrogens is 264 g/mol.